The highest BCUT2D eigenvalue weighted by Gasteiger charge is 2.07. The Balaban J connectivity index is 2.49. The van der Waals surface area contributed by atoms with Crippen molar-refractivity contribution in [3.05, 3.63) is 26.6 Å². The Hall–Kier alpha value is -0.100. The fourth-order valence-electron chi connectivity index (χ4n) is 1.54. The van der Waals surface area contributed by atoms with E-state index in [0.29, 0.717) is 0 Å². The van der Waals surface area contributed by atoms with E-state index in [0.717, 1.165) is 47.2 Å². The van der Waals surface area contributed by atoms with Crippen LogP contribution >= 0.6 is 31.9 Å². The van der Waals surface area contributed by atoms with E-state index in [9.17, 15) is 0 Å². The minimum Gasteiger partial charge on any atom is -0.494 e. The Bertz CT molecular complexity index is 335. The molecule has 0 aliphatic carbocycles. The van der Waals surface area contributed by atoms with Crippen LogP contribution in [-0.4, -0.2) is 20.2 Å². The quantitative estimate of drug-likeness (QED) is 0.730. The summed E-state index contributed by atoms with van der Waals surface area (Å²) in [6, 6.07) is 4.14. The molecule has 96 valence electrons. The van der Waals surface area contributed by atoms with Crippen LogP contribution in [0.2, 0.25) is 0 Å². The first-order valence-electron chi connectivity index (χ1n) is 5.61. The van der Waals surface area contributed by atoms with Gasteiger partial charge in [0.2, 0.25) is 0 Å². The largest absolute Gasteiger partial charge is 0.494 e. The van der Waals surface area contributed by atoms with Crippen LogP contribution in [0.15, 0.2) is 21.1 Å². The van der Waals surface area contributed by atoms with Gasteiger partial charge in [0.25, 0.3) is 0 Å². The van der Waals surface area contributed by atoms with E-state index in [-0.39, 0.29) is 0 Å². The van der Waals surface area contributed by atoms with E-state index in [1.165, 1.54) is 5.56 Å². The third kappa shape index (κ3) is 4.95. The van der Waals surface area contributed by atoms with Crippen LogP contribution in [0, 0.1) is 0 Å². The molecule has 5 heteroatoms. The molecule has 1 aromatic rings. The molecule has 3 N–H and O–H groups in total. The third-order valence-corrected chi connectivity index (χ3v) is 3.58. The minimum absolute atomic E-state index is 0.765. The highest BCUT2D eigenvalue weighted by atomic mass is 79.9. The fourth-order valence-corrected chi connectivity index (χ4v) is 3.14. The van der Waals surface area contributed by atoms with E-state index >= 15 is 0 Å². The number of halogens is 2. The average Bonchev–Trinajstić information content (AvgIpc) is 2.28. The van der Waals surface area contributed by atoms with E-state index in [1.807, 2.05) is 0 Å². The van der Waals surface area contributed by atoms with Crippen molar-refractivity contribution >= 4 is 31.9 Å². The standard InChI is InChI=1S/C12H18Br2N2O/c1-17-12-10(13)6-9(7-11(12)14)8-16-5-3-2-4-15/h6-7,16H,2-5,8,15H2,1H3. The Morgan fingerprint density at radius 1 is 1.24 bits per heavy atom. The highest BCUT2D eigenvalue weighted by Crippen LogP contribution is 2.34. The third-order valence-electron chi connectivity index (χ3n) is 2.40. The molecule has 0 saturated heterocycles. The predicted octanol–water partition coefficient (Wildman–Crippen LogP) is 3.05. The van der Waals surface area contributed by atoms with Crippen LogP contribution in [0.25, 0.3) is 0 Å². The van der Waals surface area contributed by atoms with Crippen molar-refractivity contribution in [2.75, 3.05) is 20.2 Å². The zero-order valence-corrected chi connectivity index (χ0v) is 13.1. The minimum atomic E-state index is 0.765. The molecule has 0 fully saturated rings. The number of hydrogen-bond donors (Lipinski definition) is 2. The van der Waals surface area contributed by atoms with Gasteiger partial charge in [0, 0.05) is 6.54 Å². The lowest BCUT2D eigenvalue weighted by molar-refractivity contribution is 0.409. The van der Waals surface area contributed by atoms with Crippen molar-refractivity contribution in [1.29, 1.82) is 0 Å². The van der Waals surface area contributed by atoms with Crippen LogP contribution in [-0.2, 0) is 6.54 Å². The van der Waals surface area contributed by atoms with Gasteiger partial charge in [-0.2, -0.15) is 0 Å². The molecule has 0 radical (unpaired) electrons. The number of hydrogen-bond acceptors (Lipinski definition) is 3. The number of benzene rings is 1. The van der Waals surface area contributed by atoms with Crippen molar-refractivity contribution in [3.8, 4) is 5.75 Å². The van der Waals surface area contributed by atoms with Crippen LogP contribution in [0.3, 0.4) is 0 Å². The van der Waals surface area contributed by atoms with Gasteiger partial charge in [0.05, 0.1) is 16.1 Å². The van der Waals surface area contributed by atoms with Gasteiger partial charge >= 0.3 is 0 Å². The lowest BCUT2D eigenvalue weighted by Crippen LogP contribution is -2.15. The molecule has 0 atom stereocenters. The van der Waals surface area contributed by atoms with E-state index in [1.54, 1.807) is 7.11 Å². The normalized spacial score (nSPS) is 10.6. The van der Waals surface area contributed by atoms with Crippen molar-refractivity contribution in [3.63, 3.8) is 0 Å². The SMILES string of the molecule is COc1c(Br)cc(CNCCCCN)cc1Br. The molecule has 1 rings (SSSR count). The number of methoxy groups -OCH3 is 1. The van der Waals surface area contributed by atoms with Crippen molar-refractivity contribution in [2.24, 2.45) is 5.73 Å². The summed E-state index contributed by atoms with van der Waals surface area (Å²) in [6.07, 6.45) is 2.19. The maximum Gasteiger partial charge on any atom is 0.147 e. The first-order valence-corrected chi connectivity index (χ1v) is 7.20. The zero-order chi connectivity index (χ0) is 12.7. The molecule has 17 heavy (non-hydrogen) atoms. The molecule has 0 aromatic heterocycles. The monoisotopic (exact) mass is 364 g/mol. The molecule has 0 saturated carbocycles. The summed E-state index contributed by atoms with van der Waals surface area (Å²) < 4.78 is 7.19. The Kier molecular flexibility index (Phi) is 7.11. The molecular weight excluding hydrogens is 348 g/mol. The number of nitrogens with one attached hydrogen (secondary N) is 1. The Labute approximate surface area is 119 Å². The van der Waals surface area contributed by atoms with Crippen LogP contribution < -0.4 is 15.8 Å². The summed E-state index contributed by atoms with van der Waals surface area (Å²) in [4.78, 5) is 0. The first kappa shape index (κ1) is 15.0. The highest BCUT2D eigenvalue weighted by molar-refractivity contribution is 9.11. The van der Waals surface area contributed by atoms with E-state index < -0.39 is 0 Å². The second kappa shape index (κ2) is 8.08. The number of ether oxygens (including phenoxy) is 1. The van der Waals surface area contributed by atoms with Gasteiger partial charge in [-0.25, -0.2) is 0 Å². The first-order chi connectivity index (χ1) is 8.19. The van der Waals surface area contributed by atoms with Gasteiger partial charge in [-0.3, -0.25) is 0 Å². The number of nitrogens with two attached hydrogens (primary N) is 1. The van der Waals surface area contributed by atoms with E-state index in [2.05, 4.69) is 49.3 Å². The lowest BCUT2D eigenvalue weighted by Gasteiger charge is -2.10. The lowest BCUT2D eigenvalue weighted by atomic mass is 10.2. The predicted molar refractivity (Wildman–Crippen MR) is 78.4 cm³/mol. The average molecular weight is 366 g/mol. The number of unbranched alkanes of at least 4 members (excludes halogenated alkanes) is 1. The van der Waals surface area contributed by atoms with Crippen LogP contribution in [0.1, 0.15) is 18.4 Å². The Morgan fingerprint density at radius 3 is 2.41 bits per heavy atom. The molecule has 0 spiro atoms. The Morgan fingerprint density at radius 2 is 1.88 bits per heavy atom. The molecule has 0 aliphatic heterocycles. The van der Waals surface area contributed by atoms with Gasteiger partial charge in [-0.15, -0.1) is 0 Å². The van der Waals surface area contributed by atoms with Crippen LogP contribution in [0.4, 0.5) is 0 Å². The molecule has 0 heterocycles. The molecule has 1 aromatic carbocycles. The second-order valence-electron chi connectivity index (χ2n) is 3.77. The second-order valence-corrected chi connectivity index (χ2v) is 5.47. The maximum atomic E-state index is 5.44. The molecule has 0 aliphatic rings. The van der Waals surface area contributed by atoms with Gasteiger partial charge < -0.3 is 15.8 Å². The maximum absolute atomic E-state index is 5.44. The summed E-state index contributed by atoms with van der Waals surface area (Å²) in [7, 11) is 1.66. The van der Waals surface area contributed by atoms with Gasteiger partial charge in [-0.1, -0.05) is 0 Å². The van der Waals surface area contributed by atoms with Gasteiger partial charge in [0.1, 0.15) is 5.75 Å². The van der Waals surface area contributed by atoms with Gasteiger partial charge in [0.15, 0.2) is 0 Å². The zero-order valence-electron chi connectivity index (χ0n) is 9.93. The smallest absolute Gasteiger partial charge is 0.147 e. The molecule has 3 nitrogen and oxygen atoms in total. The van der Waals surface area contributed by atoms with Crippen molar-refractivity contribution < 1.29 is 4.74 Å². The molecule has 0 unspecified atom stereocenters. The summed E-state index contributed by atoms with van der Waals surface area (Å²) in [5, 5.41) is 3.39. The molecule has 0 bridgehead atoms. The topological polar surface area (TPSA) is 47.3 Å². The van der Waals surface area contributed by atoms with Gasteiger partial charge in [-0.05, 0) is 75.5 Å². The van der Waals surface area contributed by atoms with E-state index in [4.69, 9.17) is 10.5 Å². The summed E-state index contributed by atoms with van der Waals surface area (Å²) in [5.74, 6) is 0.830. The number of rotatable bonds is 7. The molecular formula is C12H18Br2N2O. The summed E-state index contributed by atoms with van der Waals surface area (Å²) in [6.45, 7) is 2.62. The van der Waals surface area contributed by atoms with Crippen molar-refractivity contribution in [1.82, 2.24) is 5.32 Å². The van der Waals surface area contributed by atoms with Crippen molar-refractivity contribution in [2.45, 2.75) is 19.4 Å². The van der Waals surface area contributed by atoms with Crippen LogP contribution in [0.5, 0.6) is 5.75 Å². The molecule has 0 amide bonds. The summed E-state index contributed by atoms with van der Waals surface area (Å²) in [5.41, 5.74) is 6.66. The summed E-state index contributed by atoms with van der Waals surface area (Å²) >= 11 is 6.99. The fraction of sp³-hybridized carbons (Fsp3) is 0.500.